The molecular weight excluding hydrogens is 380 g/mol. The van der Waals surface area contributed by atoms with Crippen LogP contribution in [0.3, 0.4) is 0 Å². The third-order valence-corrected chi connectivity index (χ3v) is 6.93. The number of para-hydroxylation sites is 1. The molecule has 3 aromatic carbocycles. The maximum atomic E-state index is 9.76. The molecule has 1 aliphatic carbocycles. The molecular formula is C28H32N2O. The van der Waals surface area contributed by atoms with Crippen LogP contribution in [0.15, 0.2) is 66.7 Å². The highest BCUT2D eigenvalue weighted by Crippen LogP contribution is 2.37. The van der Waals surface area contributed by atoms with Crippen molar-refractivity contribution in [2.75, 3.05) is 29.9 Å². The molecule has 0 spiro atoms. The van der Waals surface area contributed by atoms with E-state index in [1.165, 1.54) is 53.1 Å². The minimum atomic E-state index is 0.384. The SMILES string of the molecule is Oc1ccc2c(c1)CC[C@@H](c1ccccc1NCCCc1ccc(N3CCC3)cc1)C2. The molecule has 1 fully saturated rings. The topological polar surface area (TPSA) is 35.5 Å². The molecule has 3 aromatic rings. The fourth-order valence-corrected chi connectivity index (χ4v) is 4.98. The first kappa shape index (κ1) is 20.0. The van der Waals surface area contributed by atoms with Gasteiger partial charge in [0, 0.05) is 31.0 Å². The number of aryl methyl sites for hydroxylation is 2. The molecule has 1 atom stereocenters. The van der Waals surface area contributed by atoms with Crippen LogP contribution < -0.4 is 10.2 Å². The van der Waals surface area contributed by atoms with Gasteiger partial charge in [-0.25, -0.2) is 0 Å². The predicted octanol–water partition coefficient (Wildman–Crippen LogP) is 5.92. The lowest BCUT2D eigenvalue weighted by atomic mass is 9.79. The fourth-order valence-electron chi connectivity index (χ4n) is 4.98. The van der Waals surface area contributed by atoms with E-state index in [9.17, 15) is 5.11 Å². The Morgan fingerprint density at radius 2 is 1.77 bits per heavy atom. The van der Waals surface area contributed by atoms with Crippen LogP contribution in [0.2, 0.25) is 0 Å². The number of hydrogen-bond acceptors (Lipinski definition) is 3. The lowest BCUT2D eigenvalue weighted by Crippen LogP contribution is -2.36. The summed E-state index contributed by atoms with van der Waals surface area (Å²) in [6.45, 7) is 3.40. The second-order valence-corrected chi connectivity index (χ2v) is 9.02. The van der Waals surface area contributed by atoms with E-state index in [1.807, 2.05) is 12.1 Å². The van der Waals surface area contributed by atoms with Gasteiger partial charge >= 0.3 is 0 Å². The summed E-state index contributed by atoms with van der Waals surface area (Å²) in [5.74, 6) is 0.921. The highest BCUT2D eigenvalue weighted by Gasteiger charge is 2.22. The zero-order valence-corrected chi connectivity index (χ0v) is 18.2. The molecule has 0 saturated carbocycles. The standard InChI is InChI=1S/C28H32N2O/c31-26-15-12-22-19-24(11-10-23(22)20-26)27-6-1-2-7-28(27)29-16-3-5-21-8-13-25(14-9-21)30-17-4-18-30/h1-2,6-9,12-15,20,24,29,31H,3-5,10-11,16-19H2/t24-/m1/s1. The maximum absolute atomic E-state index is 9.76. The lowest BCUT2D eigenvalue weighted by Gasteiger charge is -2.33. The van der Waals surface area contributed by atoms with E-state index in [4.69, 9.17) is 0 Å². The third kappa shape index (κ3) is 4.56. The van der Waals surface area contributed by atoms with Gasteiger partial charge in [-0.15, -0.1) is 0 Å². The number of nitrogens with zero attached hydrogens (tertiary/aromatic N) is 1. The Kier molecular flexibility index (Phi) is 5.84. The van der Waals surface area contributed by atoms with Crippen molar-refractivity contribution in [1.29, 1.82) is 0 Å². The molecule has 1 saturated heterocycles. The zero-order chi connectivity index (χ0) is 21.0. The summed E-state index contributed by atoms with van der Waals surface area (Å²) >= 11 is 0. The number of aromatic hydroxyl groups is 1. The molecule has 31 heavy (non-hydrogen) atoms. The zero-order valence-electron chi connectivity index (χ0n) is 18.2. The minimum Gasteiger partial charge on any atom is -0.508 e. The molecule has 3 heteroatoms. The molecule has 0 amide bonds. The number of benzene rings is 3. The number of phenols is 1. The first-order chi connectivity index (χ1) is 15.3. The van der Waals surface area contributed by atoms with E-state index in [-0.39, 0.29) is 0 Å². The van der Waals surface area contributed by atoms with Crippen LogP contribution in [0.5, 0.6) is 5.75 Å². The molecule has 0 aromatic heterocycles. The summed E-state index contributed by atoms with van der Waals surface area (Å²) in [4.78, 5) is 2.44. The molecule has 0 unspecified atom stereocenters. The molecule has 5 rings (SSSR count). The van der Waals surface area contributed by atoms with Crippen molar-refractivity contribution in [3.8, 4) is 5.75 Å². The average molecular weight is 413 g/mol. The van der Waals surface area contributed by atoms with Crippen molar-refractivity contribution in [1.82, 2.24) is 0 Å². The van der Waals surface area contributed by atoms with Crippen molar-refractivity contribution in [3.63, 3.8) is 0 Å². The van der Waals surface area contributed by atoms with Crippen molar-refractivity contribution in [3.05, 3.63) is 89.0 Å². The average Bonchev–Trinajstić information content (AvgIpc) is 2.76. The molecule has 160 valence electrons. The fraction of sp³-hybridized carbons (Fsp3) is 0.357. The Bertz CT molecular complexity index is 1020. The molecule has 1 aliphatic heterocycles. The van der Waals surface area contributed by atoms with Gasteiger partial charge in [-0.2, -0.15) is 0 Å². The minimum absolute atomic E-state index is 0.384. The molecule has 2 N–H and O–H groups in total. The molecule has 3 nitrogen and oxygen atoms in total. The van der Waals surface area contributed by atoms with Gasteiger partial charge in [0.05, 0.1) is 0 Å². The summed E-state index contributed by atoms with van der Waals surface area (Å²) < 4.78 is 0. The molecule has 0 radical (unpaired) electrons. The summed E-state index contributed by atoms with van der Waals surface area (Å²) in [6.07, 6.45) is 6.79. The predicted molar refractivity (Wildman–Crippen MR) is 129 cm³/mol. The van der Waals surface area contributed by atoms with Gasteiger partial charge in [0.1, 0.15) is 5.75 Å². The summed E-state index contributed by atoms with van der Waals surface area (Å²) in [5, 5.41) is 13.5. The van der Waals surface area contributed by atoms with Gasteiger partial charge < -0.3 is 15.3 Å². The van der Waals surface area contributed by atoms with Gasteiger partial charge in [-0.05, 0) is 97.0 Å². The van der Waals surface area contributed by atoms with Crippen LogP contribution in [0.25, 0.3) is 0 Å². The molecule has 2 aliphatic rings. The van der Waals surface area contributed by atoms with Crippen LogP contribution in [0, 0.1) is 0 Å². The summed E-state index contributed by atoms with van der Waals surface area (Å²) in [5.41, 5.74) is 8.19. The Balaban J connectivity index is 1.17. The van der Waals surface area contributed by atoms with E-state index in [2.05, 4.69) is 64.8 Å². The van der Waals surface area contributed by atoms with Gasteiger partial charge in [0.25, 0.3) is 0 Å². The maximum Gasteiger partial charge on any atom is 0.115 e. The Morgan fingerprint density at radius 3 is 2.58 bits per heavy atom. The molecule has 1 heterocycles. The number of nitrogens with one attached hydrogen (secondary N) is 1. The van der Waals surface area contributed by atoms with Gasteiger partial charge in [-0.3, -0.25) is 0 Å². The number of hydrogen-bond donors (Lipinski definition) is 2. The van der Waals surface area contributed by atoms with E-state index >= 15 is 0 Å². The van der Waals surface area contributed by atoms with Crippen LogP contribution in [0.1, 0.15) is 47.4 Å². The number of fused-ring (bicyclic) bond motifs is 1. The lowest BCUT2D eigenvalue weighted by molar-refractivity contribution is 0.472. The second kappa shape index (κ2) is 9.05. The third-order valence-electron chi connectivity index (χ3n) is 6.93. The van der Waals surface area contributed by atoms with Gasteiger partial charge in [-0.1, -0.05) is 36.4 Å². The summed E-state index contributed by atoms with van der Waals surface area (Å²) in [6, 6.07) is 23.8. The van der Waals surface area contributed by atoms with Crippen LogP contribution in [-0.2, 0) is 19.3 Å². The van der Waals surface area contributed by atoms with Gasteiger partial charge in [0.2, 0.25) is 0 Å². The quantitative estimate of drug-likeness (QED) is 0.473. The monoisotopic (exact) mass is 412 g/mol. The number of anilines is 2. The Morgan fingerprint density at radius 1 is 0.935 bits per heavy atom. The van der Waals surface area contributed by atoms with E-state index in [1.54, 1.807) is 0 Å². The van der Waals surface area contributed by atoms with Gasteiger partial charge in [0.15, 0.2) is 0 Å². The van der Waals surface area contributed by atoms with Crippen LogP contribution in [0.4, 0.5) is 11.4 Å². The van der Waals surface area contributed by atoms with Crippen molar-refractivity contribution >= 4 is 11.4 Å². The second-order valence-electron chi connectivity index (χ2n) is 9.02. The highest BCUT2D eigenvalue weighted by atomic mass is 16.3. The molecule has 0 bridgehead atoms. The van der Waals surface area contributed by atoms with Crippen molar-refractivity contribution in [2.45, 2.75) is 44.4 Å². The van der Waals surface area contributed by atoms with Crippen molar-refractivity contribution in [2.24, 2.45) is 0 Å². The smallest absolute Gasteiger partial charge is 0.115 e. The van der Waals surface area contributed by atoms with Crippen molar-refractivity contribution < 1.29 is 5.11 Å². The Labute approximate surface area is 185 Å². The largest absolute Gasteiger partial charge is 0.508 e. The van der Waals surface area contributed by atoms with Crippen LogP contribution >= 0.6 is 0 Å². The normalized spacial score (nSPS) is 17.7. The van der Waals surface area contributed by atoms with E-state index in [0.29, 0.717) is 11.7 Å². The number of rotatable bonds is 7. The van der Waals surface area contributed by atoms with Crippen LogP contribution in [-0.4, -0.2) is 24.7 Å². The Hall–Kier alpha value is -2.94. The van der Waals surface area contributed by atoms with E-state index < -0.39 is 0 Å². The highest BCUT2D eigenvalue weighted by molar-refractivity contribution is 5.54. The van der Waals surface area contributed by atoms with E-state index in [0.717, 1.165) is 38.6 Å². The first-order valence-corrected chi connectivity index (χ1v) is 11.7. The summed E-state index contributed by atoms with van der Waals surface area (Å²) in [7, 11) is 0. The first-order valence-electron chi connectivity index (χ1n) is 11.7. The number of phenolic OH excluding ortho intramolecular Hbond substituents is 1.